The number of hydrogen-bond donors (Lipinski definition) is 1. The zero-order chi connectivity index (χ0) is 13.1. The molecule has 18 heavy (non-hydrogen) atoms. The van der Waals surface area contributed by atoms with E-state index in [2.05, 4.69) is 27.9 Å². The van der Waals surface area contributed by atoms with Gasteiger partial charge < -0.3 is 9.84 Å². The van der Waals surface area contributed by atoms with Crippen LogP contribution < -0.4 is 0 Å². The fourth-order valence-electron chi connectivity index (χ4n) is 2.42. The van der Waals surface area contributed by atoms with Crippen molar-refractivity contribution in [3.63, 3.8) is 0 Å². The van der Waals surface area contributed by atoms with E-state index >= 15 is 0 Å². The second-order valence-corrected chi connectivity index (χ2v) is 5.98. The van der Waals surface area contributed by atoms with Crippen LogP contribution in [0.5, 0.6) is 5.75 Å². The van der Waals surface area contributed by atoms with Gasteiger partial charge in [0.15, 0.2) is 0 Å². The zero-order valence-electron chi connectivity index (χ0n) is 10.9. The maximum Gasteiger partial charge on any atom is 0.123 e. The monoisotopic (exact) mass is 313 g/mol. The lowest BCUT2D eigenvalue weighted by atomic mass is 10.1. The van der Waals surface area contributed by atoms with E-state index in [-0.39, 0.29) is 0 Å². The van der Waals surface area contributed by atoms with Gasteiger partial charge in [0.2, 0.25) is 0 Å². The van der Waals surface area contributed by atoms with E-state index in [9.17, 15) is 5.11 Å². The topological polar surface area (TPSA) is 32.7 Å². The minimum Gasteiger partial charge on any atom is -0.507 e. The molecule has 1 unspecified atom stereocenters. The molecule has 1 aliphatic rings. The van der Waals surface area contributed by atoms with Gasteiger partial charge in [-0.3, -0.25) is 4.90 Å². The number of phenols is 1. The van der Waals surface area contributed by atoms with Gasteiger partial charge in [-0.15, -0.1) is 0 Å². The fraction of sp³-hybridized carbons (Fsp3) is 0.571. The highest BCUT2D eigenvalue weighted by molar-refractivity contribution is 9.10. The SMILES string of the molecule is Cc1cc(Br)cc(CN(C)CC2CCCO2)c1O. The molecule has 1 atom stereocenters. The number of aromatic hydroxyl groups is 1. The highest BCUT2D eigenvalue weighted by Crippen LogP contribution is 2.27. The first-order valence-electron chi connectivity index (χ1n) is 6.34. The van der Waals surface area contributed by atoms with Crippen molar-refractivity contribution in [2.75, 3.05) is 20.2 Å². The molecule has 0 radical (unpaired) electrons. The third kappa shape index (κ3) is 3.46. The average molecular weight is 314 g/mol. The molecule has 100 valence electrons. The van der Waals surface area contributed by atoms with Crippen LogP contribution in [0.1, 0.15) is 24.0 Å². The molecule has 1 N–H and O–H groups in total. The smallest absolute Gasteiger partial charge is 0.123 e. The molecule has 3 nitrogen and oxygen atoms in total. The Morgan fingerprint density at radius 1 is 1.50 bits per heavy atom. The van der Waals surface area contributed by atoms with Gasteiger partial charge in [0.1, 0.15) is 5.75 Å². The van der Waals surface area contributed by atoms with Crippen LogP contribution in [-0.4, -0.2) is 36.3 Å². The molecule has 1 aromatic carbocycles. The lowest BCUT2D eigenvalue weighted by Gasteiger charge is -2.21. The largest absolute Gasteiger partial charge is 0.507 e. The Labute approximate surface area is 117 Å². The Bertz CT molecular complexity index is 417. The molecule has 1 saturated heterocycles. The minimum atomic E-state index is 0.352. The van der Waals surface area contributed by atoms with E-state index in [1.807, 2.05) is 19.1 Å². The lowest BCUT2D eigenvalue weighted by Crippen LogP contribution is -2.28. The normalized spacial score (nSPS) is 19.7. The molecule has 4 heteroatoms. The van der Waals surface area contributed by atoms with Crippen LogP contribution in [0.15, 0.2) is 16.6 Å². The summed E-state index contributed by atoms with van der Waals surface area (Å²) in [5.74, 6) is 0.400. The summed E-state index contributed by atoms with van der Waals surface area (Å²) in [6, 6.07) is 3.91. The van der Waals surface area contributed by atoms with Crippen molar-refractivity contribution in [2.24, 2.45) is 0 Å². The minimum absolute atomic E-state index is 0.352. The second-order valence-electron chi connectivity index (χ2n) is 5.06. The molecule has 1 fully saturated rings. The number of likely N-dealkylation sites (N-methyl/N-ethyl adjacent to an activating group) is 1. The average Bonchev–Trinajstić information content (AvgIpc) is 2.77. The predicted octanol–water partition coefficient (Wildman–Crippen LogP) is 3.07. The number of benzene rings is 1. The molecule has 0 saturated carbocycles. The molecular formula is C14H20BrNO2. The van der Waals surface area contributed by atoms with Gasteiger partial charge in [0.05, 0.1) is 6.10 Å². The Balaban J connectivity index is 1.99. The van der Waals surface area contributed by atoms with Gasteiger partial charge >= 0.3 is 0 Å². The van der Waals surface area contributed by atoms with Crippen molar-refractivity contribution < 1.29 is 9.84 Å². The summed E-state index contributed by atoms with van der Waals surface area (Å²) in [4.78, 5) is 2.21. The Morgan fingerprint density at radius 2 is 2.28 bits per heavy atom. The van der Waals surface area contributed by atoms with E-state index in [1.54, 1.807) is 0 Å². The Kier molecular flexibility index (Phi) is 4.65. The Hall–Kier alpha value is -0.580. The van der Waals surface area contributed by atoms with E-state index in [4.69, 9.17) is 4.74 Å². The van der Waals surface area contributed by atoms with Crippen LogP contribution >= 0.6 is 15.9 Å². The predicted molar refractivity (Wildman–Crippen MR) is 75.9 cm³/mol. The van der Waals surface area contributed by atoms with Crippen molar-refractivity contribution in [1.29, 1.82) is 0 Å². The van der Waals surface area contributed by atoms with Crippen LogP contribution in [-0.2, 0) is 11.3 Å². The van der Waals surface area contributed by atoms with Gasteiger partial charge in [-0.1, -0.05) is 15.9 Å². The third-order valence-electron chi connectivity index (χ3n) is 3.32. The molecule has 1 aromatic rings. The molecule has 0 amide bonds. The molecule has 0 bridgehead atoms. The van der Waals surface area contributed by atoms with Gasteiger partial charge in [-0.05, 0) is 44.5 Å². The number of phenolic OH excluding ortho intramolecular Hbond substituents is 1. The van der Waals surface area contributed by atoms with E-state index < -0.39 is 0 Å². The van der Waals surface area contributed by atoms with Crippen molar-refractivity contribution in [1.82, 2.24) is 4.90 Å². The lowest BCUT2D eigenvalue weighted by molar-refractivity contribution is 0.0791. The summed E-state index contributed by atoms with van der Waals surface area (Å²) in [6.45, 7) is 4.47. The van der Waals surface area contributed by atoms with Gasteiger partial charge in [-0.25, -0.2) is 0 Å². The molecule has 0 aliphatic carbocycles. The quantitative estimate of drug-likeness (QED) is 0.927. The molecule has 0 spiro atoms. The second kappa shape index (κ2) is 6.04. The van der Waals surface area contributed by atoms with E-state index in [0.29, 0.717) is 11.9 Å². The van der Waals surface area contributed by atoms with Gasteiger partial charge in [0.25, 0.3) is 0 Å². The Morgan fingerprint density at radius 3 is 2.94 bits per heavy atom. The summed E-state index contributed by atoms with van der Waals surface area (Å²) in [7, 11) is 2.07. The standard InChI is InChI=1S/C14H20BrNO2/c1-10-6-12(15)7-11(14(10)17)8-16(2)9-13-4-3-5-18-13/h6-7,13,17H,3-5,8-9H2,1-2H3. The first-order chi connectivity index (χ1) is 8.56. The van der Waals surface area contributed by atoms with Crippen LogP contribution in [0.4, 0.5) is 0 Å². The van der Waals surface area contributed by atoms with Crippen molar-refractivity contribution >= 4 is 15.9 Å². The highest BCUT2D eigenvalue weighted by Gasteiger charge is 2.18. The summed E-state index contributed by atoms with van der Waals surface area (Å²) >= 11 is 3.47. The van der Waals surface area contributed by atoms with Crippen LogP contribution in [0.2, 0.25) is 0 Å². The van der Waals surface area contributed by atoms with Gasteiger partial charge in [-0.2, -0.15) is 0 Å². The van der Waals surface area contributed by atoms with Gasteiger partial charge in [0, 0.05) is 29.7 Å². The molecule has 1 heterocycles. The first kappa shape index (κ1) is 13.8. The third-order valence-corrected chi connectivity index (χ3v) is 3.78. The number of nitrogens with zero attached hydrogens (tertiary/aromatic N) is 1. The molecular weight excluding hydrogens is 294 g/mol. The fourth-order valence-corrected chi connectivity index (χ4v) is 3.04. The van der Waals surface area contributed by atoms with Crippen LogP contribution in [0.25, 0.3) is 0 Å². The number of aryl methyl sites for hydroxylation is 1. The zero-order valence-corrected chi connectivity index (χ0v) is 12.5. The van der Waals surface area contributed by atoms with E-state index in [0.717, 1.165) is 41.7 Å². The maximum atomic E-state index is 10.1. The number of rotatable bonds is 4. The molecule has 0 aromatic heterocycles. The number of halogens is 1. The molecule has 2 rings (SSSR count). The summed E-state index contributed by atoms with van der Waals surface area (Å²) in [6.07, 6.45) is 2.67. The summed E-state index contributed by atoms with van der Waals surface area (Å²) in [5, 5.41) is 10.1. The van der Waals surface area contributed by atoms with Crippen molar-refractivity contribution in [3.8, 4) is 5.75 Å². The van der Waals surface area contributed by atoms with E-state index in [1.165, 1.54) is 6.42 Å². The first-order valence-corrected chi connectivity index (χ1v) is 7.13. The van der Waals surface area contributed by atoms with Crippen molar-refractivity contribution in [2.45, 2.75) is 32.4 Å². The van der Waals surface area contributed by atoms with Crippen molar-refractivity contribution in [3.05, 3.63) is 27.7 Å². The van der Waals surface area contributed by atoms with Crippen LogP contribution in [0, 0.1) is 6.92 Å². The highest BCUT2D eigenvalue weighted by atomic mass is 79.9. The van der Waals surface area contributed by atoms with Crippen LogP contribution in [0.3, 0.4) is 0 Å². The molecule has 1 aliphatic heterocycles. The number of ether oxygens (including phenoxy) is 1. The number of hydrogen-bond acceptors (Lipinski definition) is 3. The summed E-state index contributed by atoms with van der Waals surface area (Å²) < 4.78 is 6.64. The summed E-state index contributed by atoms with van der Waals surface area (Å²) in [5.41, 5.74) is 1.87. The maximum absolute atomic E-state index is 10.1.